The third-order valence-corrected chi connectivity index (χ3v) is 14.3. The Morgan fingerprint density at radius 2 is 0.934 bits per heavy atom. The summed E-state index contributed by atoms with van der Waals surface area (Å²) in [5, 5.41) is 58.8. The van der Waals surface area contributed by atoms with Crippen LogP contribution in [0.5, 0.6) is 0 Å². The Kier molecular flexibility index (Phi) is 34.5. The molecule has 432 valence electrons. The Bertz CT molecular complexity index is 1930. The molecule has 1 rings (SSSR count). The minimum Gasteiger partial charge on any atom is -0.549 e. The van der Waals surface area contributed by atoms with Crippen molar-refractivity contribution in [1.82, 2.24) is 51.5 Å². The molecule has 0 aromatic heterocycles. The highest BCUT2D eigenvalue weighted by atomic mass is 33.1. The molecule has 0 bridgehead atoms. The van der Waals surface area contributed by atoms with Gasteiger partial charge in [0.15, 0.2) is 5.78 Å². The lowest BCUT2D eigenvalue weighted by atomic mass is 10.0. The number of amides is 7. The van der Waals surface area contributed by atoms with Gasteiger partial charge in [-0.2, -0.15) is 11.8 Å². The number of thioether (sulfide) groups is 1. The highest BCUT2D eigenvalue weighted by Crippen LogP contribution is 2.23. The average Bonchev–Trinajstić information content (AvgIpc) is 3.32. The molecule has 0 aromatic carbocycles. The molecular formula is C43H72N13O17S3-3. The number of primary amides is 2. The fraction of sp³-hybridized carbons (Fsp3) is 0.721. The zero-order chi connectivity index (χ0) is 57.3. The van der Waals surface area contributed by atoms with Gasteiger partial charge in [-0.25, -0.2) is 0 Å². The van der Waals surface area contributed by atoms with Gasteiger partial charge in [-0.3, -0.25) is 62.8 Å². The number of nitrogens with two attached hydrogens (primary N) is 3. The molecule has 0 spiro atoms. The van der Waals surface area contributed by atoms with E-state index in [0.717, 1.165) is 28.5 Å². The summed E-state index contributed by atoms with van der Waals surface area (Å²) in [7, 11) is 3.59. The van der Waals surface area contributed by atoms with E-state index in [9.17, 15) is 72.9 Å². The van der Waals surface area contributed by atoms with Crippen LogP contribution in [0.2, 0.25) is 0 Å². The number of carboxylic acid groups (broad SMARTS) is 4. The Morgan fingerprint density at radius 1 is 0.539 bits per heavy atom. The number of hydrogen-bond donors (Lipinski definition) is 10. The van der Waals surface area contributed by atoms with E-state index in [1.165, 1.54) is 33.5 Å². The van der Waals surface area contributed by atoms with Gasteiger partial charge in [0, 0.05) is 109 Å². The fourth-order valence-electron chi connectivity index (χ4n) is 7.17. The van der Waals surface area contributed by atoms with Gasteiger partial charge in [0.25, 0.3) is 0 Å². The van der Waals surface area contributed by atoms with Crippen LogP contribution in [-0.4, -0.2) is 248 Å². The van der Waals surface area contributed by atoms with Crippen molar-refractivity contribution >= 4 is 104 Å². The van der Waals surface area contributed by atoms with Crippen LogP contribution in [-0.2, 0) is 62.3 Å². The van der Waals surface area contributed by atoms with Gasteiger partial charge >= 0.3 is 5.97 Å². The molecule has 1 saturated heterocycles. The van der Waals surface area contributed by atoms with Gasteiger partial charge in [-0.15, -0.1) is 0 Å². The molecule has 0 aliphatic carbocycles. The second-order valence-corrected chi connectivity index (χ2v) is 20.7. The number of aliphatic carboxylic acids is 4. The summed E-state index contributed by atoms with van der Waals surface area (Å²) in [4.78, 5) is 155. The summed E-state index contributed by atoms with van der Waals surface area (Å²) in [6.45, 7) is 0.105. The number of nitrogens with one attached hydrogen (secondary N) is 6. The monoisotopic (exact) mass is 1140 g/mol. The van der Waals surface area contributed by atoms with Crippen LogP contribution in [0.3, 0.4) is 0 Å². The van der Waals surface area contributed by atoms with Crippen molar-refractivity contribution in [2.75, 3.05) is 116 Å². The number of carbonyl (C=O) groups excluding carboxylic acids is 11. The van der Waals surface area contributed by atoms with Crippen molar-refractivity contribution in [2.45, 2.75) is 81.9 Å². The number of ether oxygens (including phenoxy) is 1. The SMILES string of the molecule is CNC(CCC(=O)O)C(=O)NC(CCC(=O)NC(CSC)C(N)=O)C(=O)NC(CCC(=O)NC(CSSCC(NC(=O)CN1CCN(CC(=O)[O-])CCN(CC(=O)[O-])CCN(CC(=O)[O-])CC1)OCN)C(N)=O)C(C)=O. The zero-order valence-electron chi connectivity index (χ0n) is 42.7. The van der Waals surface area contributed by atoms with Crippen molar-refractivity contribution in [3.63, 3.8) is 0 Å². The summed E-state index contributed by atoms with van der Waals surface area (Å²) in [6, 6.07) is -6.09. The number of Topliss-reactive ketones (excluding diaryl/α,β-unsaturated/α-hetero) is 1. The molecule has 30 nitrogen and oxygen atoms in total. The predicted molar refractivity (Wildman–Crippen MR) is 271 cm³/mol. The van der Waals surface area contributed by atoms with Gasteiger partial charge in [-0.05, 0) is 39.5 Å². The fourth-order valence-corrected chi connectivity index (χ4v) is 9.98. The van der Waals surface area contributed by atoms with Gasteiger partial charge in [0.05, 0.1) is 43.3 Å². The second-order valence-electron chi connectivity index (χ2n) is 17.3. The van der Waals surface area contributed by atoms with Crippen LogP contribution in [0.25, 0.3) is 0 Å². The zero-order valence-corrected chi connectivity index (χ0v) is 45.2. The molecule has 1 heterocycles. The van der Waals surface area contributed by atoms with Crippen molar-refractivity contribution in [2.24, 2.45) is 17.2 Å². The minimum atomic E-state index is -1.46. The van der Waals surface area contributed by atoms with E-state index in [1.54, 1.807) is 11.2 Å². The van der Waals surface area contributed by atoms with Crippen molar-refractivity contribution in [1.29, 1.82) is 0 Å². The molecule has 0 saturated carbocycles. The van der Waals surface area contributed by atoms with E-state index in [-0.39, 0.29) is 102 Å². The first kappa shape index (κ1) is 68.6. The maximum absolute atomic E-state index is 13.6. The molecule has 0 aromatic rings. The molecule has 1 fully saturated rings. The molecule has 76 heavy (non-hydrogen) atoms. The van der Waals surface area contributed by atoms with Crippen LogP contribution >= 0.6 is 33.3 Å². The highest BCUT2D eigenvalue weighted by Gasteiger charge is 2.30. The van der Waals surface area contributed by atoms with E-state index < -0.39 is 146 Å². The molecule has 1 aliphatic rings. The molecular weight excluding hydrogens is 1070 g/mol. The number of hydrogen-bond acceptors (Lipinski definition) is 25. The molecule has 6 atom stereocenters. The van der Waals surface area contributed by atoms with Gasteiger partial charge in [-0.1, -0.05) is 21.6 Å². The Labute approximate surface area is 451 Å². The number of nitrogens with zero attached hydrogens (tertiary/aromatic N) is 4. The van der Waals surface area contributed by atoms with Crippen LogP contribution in [0, 0.1) is 0 Å². The van der Waals surface area contributed by atoms with E-state index in [2.05, 4.69) is 31.9 Å². The standard InChI is InChI=1S/C43H75N13O17S3/c1-26(57)27(50-43(72)29(51-42(71)28(47-2)6-9-36(61)62)5-8-33(59)48-30(22-74-3)40(45)69)4-7-32(58)49-31(41(46)70)23-75-76-24-35(73-25-44)52-34(60)18-53-10-12-54(19-37(63)64)14-16-56(21-39(67)68)17-15-55(13-11-53)20-38(65)66/h27-31,35,47H,4-25,44H2,1-3H3,(H2,45,69)(H2,46,70)(H,48,59)(H,49,58)(H,50,72)(H,51,71)(H,52,60)(H,61,62)(H,63,64)(H,65,66)(H,67,68)/p-3. The van der Waals surface area contributed by atoms with E-state index in [4.69, 9.17) is 27.0 Å². The van der Waals surface area contributed by atoms with Gasteiger partial charge in [0.1, 0.15) is 24.4 Å². The van der Waals surface area contributed by atoms with Crippen molar-refractivity contribution in [3.05, 3.63) is 0 Å². The lowest BCUT2D eigenvalue weighted by molar-refractivity contribution is -0.308. The Hall–Kier alpha value is -5.39. The van der Waals surface area contributed by atoms with Crippen molar-refractivity contribution < 1.29 is 82.7 Å². The van der Waals surface area contributed by atoms with E-state index >= 15 is 0 Å². The topological polar surface area (TPSA) is 467 Å². The summed E-state index contributed by atoms with van der Waals surface area (Å²) in [5.41, 5.74) is 16.6. The second kappa shape index (κ2) is 38.2. The van der Waals surface area contributed by atoms with Crippen LogP contribution in [0.15, 0.2) is 0 Å². The number of carboxylic acids is 4. The first-order valence-corrected chi connectivity index (χ1v) is 27.8. The quantitative estimate of drug-likeness (QED) is 0.0157. The number of likely N-dealkylation sites (N-methyl/N-ethyl adjacent to an activating group) is 1. The number of ketones is 1. The third-order valence-electron chi connectivity index (χ3n) is 11.3. The molecule has 1 aliphatic heterocycles. The van der Waals surface area contributed by atoms with Crippen LogP contribution < -0.4 is 64.4 Å². The number of carbonyl (C=O) groups is 12. The van der Waals surface area contributed by atoms with E-state index in [0.29, 0.717) is 0 Å². The Balaban J connectivity index is 2.98. The predicted octanol–water partition coefficient (Wildman–Crippen LogP) is -9.91. The smallest absolute Gasteiger partial charge is 0.303 e. The maximum atomic E-state index is 13.6. The summed E-state index contributed by atoms with van der Waals surface area (Å²) < 4.78 is 5.50. The molecule has 7 amide bonds. The van der Waals surface area contributed by atoms with Crippen LogP contribution in [0.4, 0.5) is 0 Å². The lowest BCUT2D eigenvalue weighted by Gasteiger charge is -2.34. The molecule has 0 radical (unpaired) electrons. The highest BCUT2D eigenvalue weighted by molar-refractivity contribution is 8.76. The Morgan fingerprint density at radius 3 is 1.33 bits per heavy atom. The van der Waals surface area contributed by atoms with Crippen molar-refractivity contribution in [3.8, 4) is 0 Å². The third kappa shape index (κ3) is 31.0. The molecule has 6 unspecified atom stereocenters. The van der Waals surface area contributed by atoms with Gasteiger partial charge in [0.2, 0.25) is 41.4 Å². The normalized spacial score (nSPS) is 16.6. The first-order chi connectivity index (χ1) is 35.9. The lowest BCUT2D eigenvalue weighted by Crippen LogP contribution is -2.55. The first-order valence-electron chi connectivity index (χ1n) is 23.9. The summed E-state index contributed by atoms with van der Waals surface area (Å²) in [6.07, 6.45) is -1.27. The van der Waals surface area contributed by atoms with Gasteiger partial charge < -0.3 is 88.6 Å². The average molecular weight is 1140 g/mol. The largest absolute Gasteiger partial charge is 0.549 e. The van der Waals surface area contributed by atoms with Crippen LogP contribution in [0.1, 0.15) is 45.4 Å². The number of rotatable bonds is 37. The maximum Gasteiger partial charge on any atom is 0.303 e. The molecule has 33 heteroatoms. The molecule has 13 N–H and O–H groups in total. The van der Waals surface area contributed by atoms with E-state index in [1.807, 2.05) is 0 Å². The summed E-state index contributed by atoms with van der Waals surface area (Å²) in [5.74, 6) is -11.1. The summed E-state index contributed by atoms with van der Waals surface area (Å²) >= 11 is 1.24. The minimum absolute atomic E-state index is 0.0597.